The van der Waals surface area contributed by atoms with Crippen LogP contribution in [0.1, 0.15) is 41.4 Å². The minimum atomic E-state index is -0.176. The van der Waals surface area contributed by atoms with Crippen LogP contribution in [0.15, 0.2) is 42.6 Å². The van der Waals surface area contributed by atoms with Crippen LogP contribution in [0.25, 0.3) is 0 Å². The molecule has 1 N–H and O–H groups in total. The van der Waals surface area contributed by atoms with E-state index in [0.29, 0.717) is 12.0 Å². The molecule has 1 aromatic carbocycles. The second-order valence-corrected chi connectivity index (χ2v) is 7.44. The molecule has 1 atom stereocenters. The van der Waals surface area contributed by atoms with Crippen LogP contribution in [-0.2, 0) is 6.42 Å². The molecule has 2 aromatic rings. The van der Waals surface area contributed by atoms with Crippen LogP contribution in [0, 0.1) is 6.92 Å². The maximum Gasteiger partial charge on any atom is 0.321 e. The minimum Gasteiger partial charge on any atom is -0.339 e. The zero-order valence-corrected chi connectivity index (χ0v) is 16.8. The lowest BCUT2D eigenvalue weighted by Crippen LogP contribution is -2.39. The van der Waals surface area contributed by atoms with Crippen molar-refractivity contribution in [3.63, 3.8) is 0 Å². The highest BCUT2D eigenvalue weighted by molar-refractivity contribution is 5.96. The van der Waals surface area contributed by atoms with E-state index in [1.165, 1.54) is 0 Å². The molecule has 1 aliphatic rings. The van der Waals surface area contributed by atoms with E-state index in [1.807, 2.05) is 49.1 Å². The Bertz CT molecular complexity index is 832. The normalized spacial score (nSPS) is 14.6. The fourth-order valence-electron chi connectivity index (χ4n) is 3.40. The van der Waals surface area contributed by atoms with Gasteiger partial charge in [-0.15, -0.1) is 0 Å². The van der Waals surface area contributed by atoms with Crippen molar-refractivity contribution < 1.29 is 9.59 Å². The van der Waals surface area contributed by atoms with E-state index >= 15 is 0 Å². The number of hydrogen-bond donors (Lipinski definition) is 1. The van der Waals surface area contributed by atoms with E-state index in [0.717, 1.165) is 42.9 Å². The van der Waals surface area contributed by atoms with Gasteiger partial charge in [-0.1, -0.05) is 6.07 Å². The van der Waals surface area contributed by atoms with Crippen LogP contribution < -0.4 is 5.32 Å². The fraction of sp³-hybridized carbons (Fsp3) is 0.409. The van der Waals surface area contributed by atoms with Gasteiger partial charge in [0.05, 0.1) is 0 Å². The van der Waals surface area contributed by atoms with Gasteiger partial charge in [-0.25, -0.2) is 4.79 Å². The second-order valence-electron chi connectivity index (χ2n) is 7.44. The van der Waals surface area contributed by atoms with Crippen molar-refractivity contribution in [3.8, 4) is 0 Å². The number of aromatic nitrogens is 1. The lowest BCUT2D eigenvalue weighted by Gasteiger charge is -2.25. The van der Waals surface area contributed by atoms with Crippen molar-refractivity contribution in [3.05, 3.63) is 59.4 Å². The Balaban J connectivity index is 1.62. The number of nitrogens with zero attached hydrogens (tertiary/aromatic N) is 3. The molecule has 0 saturated carbocycles. The number of urea groups is 1. The topological polar surface area (TPSA) is 65.5 Å². The Morgan fingerprint density at radius 2 is 1.96 bits per heavy atom. The summed E-state index contributed by atoms with van der Waals surface area (Å²) in [7, 11) is 1.78. The van der Waals surface area contributed by atoms with Crippen molar-refractivity contribution in [2.75, 3.05) is 25.5 Å². The fourth-order valence-corrected chi connectivity index (χ4v) is 3.40. The number of carbonyl (C=O) groups excluding carboxylic acids is 2. The number of amides is 3. The van der Waals surface area contributed by atoms with Gasteiger partial charge in [-0.05, 0) is 62.6 Å². The summed E-state index contributed by atoms with van der Waals surface area (Å²) in [5.41, 5.74) is 3.23. The summed E-state index contributed by atoms with van der Waals surface area (Å²) in [5, 5.41) is 2.95. The molecule has 0 spiro atoms. The molecule has 0 radical (unpaired) electrons. The van der Waals surface area contributed by atoms with E-state index in [9.17, 15) is 9.59 Å². The molecule has 3 amide bonds. The Morgan fingerprint density at radius 1 is 1.21 bits per heavy atom. The number of pyridine rings is 1. The zero-order chi connectivity index (χ0) is 20.1. The maximum atomic E-state index is 12.6. The molecule has 6 heteroatoms. The summed E-state index contributed by atoms with van der Waals surface area (Å²) in [5.74, 6) is 0.0691. The van der Waals surface area contributed by atoms with E-state index in [4.69, 9.17) is 0 Å². The van der Waals surface area contributed by atoms with Crippen LogP contribution in [0.2, 0.25) is 0 Å². The van der Waals surface area contributed by atoms with Crippen LogP contribution in [0.4, 0.5) is 10.5 Å². The smallest absolute Gasteiger partial charge is 0.321 e. The first-order valence-corrected chi connectivity index (χ1v) is 9.79. The molecule has 1 aromatic heterocycles. The summed E-state index contributed by atoms with van der Waals surface area (Å²) < 4.78 is 0. The molecule has 1 fully saturated rings. The van der Waals surface area contributed by atoms with Crippen LogP contribution >= 0.6 is 0 Å². The van der Waals surface area contributed by atoms with Gasteiger partial charge in [0, 0.05) is 55.7 Å². The predicted molar refractivity (Wildman–Crippen MR) is 111 cm³/mol. The predicted octanol–water partition coefficient (Wildman–Crippen LogP) is 3.72. The standard InChI is InChI=1S/C22H28N4O2/c1-16-14-18(21(27)26-12-6-7-13-26)9-10-20(16)24-22(28)25(3)17(2)15-19-8-4-5-11-23-19/h4-5,8-11,14,17H,6-7,12-13,15H2,1-3H3,(H,24,28). The summed E-state index contributed by atoms with van der Waals surface area (Å²) in [6, 6.07) is 11.1. The van der Waals surface area contributed by atoms with Crippen molar-refractivity contribution >= 4 is 17.6 Å². The number of benzene rings is 1. The first-order chi connectivity index (χ1) is 13.5. The average molecular weight is 380 g/mol. The van der Waals surface area contributed by atoms with Gasteiger partial charge in [0.2, 0.25) is 0 Å². The van der Waals surface area contributed by atoms with Crippen molar-refractivity contribution in [2.24, 2.45) is 0 Å². The number of hydrogen-bond acceptors (Lipinski definition) is 3. The highest BCUT2D eigenvalue weighted by atomic mass is 16.2. The molecule has 2 heterocycles. The number of carbonyl (C=O) groups is 2. The first kappa shape index (κ1) is 19.9. The van der Waals surface area contributed by atoms with E-state index in [-0.39, 0.29) is 18.0 Å². The Labute approximate surface area is 166 Å². The lowest BCUT2D eigenvalue weighted by atomic mass is 10.1. The van der Waals surface area contributed by atoms with Crippen molar-refractivity contribution in [2.45, 2.75) is 39.2 Å². The second kappa shape index (κ2) is 8.87. The lowest BCUT2D eigenvalue weighted by molar-refractivity contribution is 0.0792. The zero-order valence-electron chi connectivity index (χ0n) is 16.8. The van der Waals surface area contributed by atoms with Crippen LogP contribution in [0.3, 0.4) is 0 Å². The summed E-state index contributed by atoms with van der Waals surface area (Å²) >= 11 is 0. The number of aryl methyl sites for hydroxylation is 1. The molecule has 1 aliphatic heterocycles. The van der Waals surface area contributed by atoms with Gasteiger partial charge >= 0.3 is 6.03 Å². The molecule has 0 bridgehead atoms. The largest absolute Gasteiger partial charge is 0.339 e. The number of likely N-dealkylation sites (tertiary alicyclic amines) is 1. The van der Waals surface area contributed by atoms with Crippen molar-refractivity contribution in [1.82, 2.24) is 14.8 Å². The van der Waals surface area contributed by atoms with Crippen molar-refractivity contribution in [1.29, 1.82) is 0 Å². The molecular weight excluding hydrogens is 352 g/mol. The van der Waals surface area contributed by atoms with Gasteiger partial charge in [0.1, 0.15) is 0 Å². The minimum absolute atomic E-state index is 0.00576. The van der Waals surface area contributed by atoms with Gasteiger partial charge in [-0.3, -0.25) is 9.78 Å². The number of likely N-dealkylation sites (N-methyl/N-ethyl adjacent to an activating group) is 1. The maximum absolute atomic E-state index is 12.6. The van der Waals surface area contributed by atoms with Crippen LogP contribution in [-0.4, -0.2) is 52.9 Å². The summed E-state index contributed by atoms with van der Waals surface area (Å²) in [6.45, 7) is 5.57. The molecule has 148 valence electrons. The number of anilines is 1. The molecule has 1 unspecified atom stereocenters. The Hall–Kier alpha value is -2.89. The molecule has 28 heavy (non-hydrogen) atoms. The van der Waals surface area contributed by atoms with Crippen LogP contribution in [0.5, 0.6) is 0 Å². The van der Waals surface area contributed by atoms with Gasteiger partial charge in [0.25, 0.3) is 5.91 Å². The molecule has 0 aliphatic carbocycles. The van der Waals surface area contributed by atoms with E-state index in [2.05, 4.69) is 10.3 Å². The summed E-state index contributed by atoms with van der Waals surface area (Å²) in [4.78, 5) is 33.1. The SMILES string of the molecule is Cc1cc(C(=O)N2CCCC2)ccc1NC(=O)N(C)C(C)Cc1ccccn1. The molecular formula is C22H28N4O2. The Morgan fingerprint density at radius 3 is 2.61 bits per heavy atom. The van der Waals surface area contributed by atoms with Gasteiger partial charge in [0.15, 0.2) is 0 Å². The first-order valence-electron chi connectivity index (χ1n) is 9.79. The highest BCUT2D eigenvalue weighted by Crippen LogP contribution is 2.20. The Kier molecular flexibility index (Phi) is 6.29. The molecule has 6 nitrogen and oxygen atoms in total. The van der Waals surface area contributed by atoms with E-state index in [1.54, 1.807) is 24.2 Å². The molecule has 1 saturated heterocycles. The summed E-state index contributed by atoms with van der Waals surface area (Å²) in [6.07, 6.45) is 4.59. The van der Waals surface area contributed by atoms with Gasteiger partial charge in [-0.2, -0.15) is 0 Å². The number of nitrogens with one attached hydrogen (secondary N) is 1. The third-order valence-electron chi connectivity index (χ3n) is 5.32. The third kappa shape index (κ3) is 4.68. The average Bonchev–Trinajstić information content (AvgIpc) is 3.23. The monoisotopic (exact) mass is 380 g/mol. The quantitative estimate of drug-likeness (QED) is 0.860. The molecule has 3 rings (SSSR count). The third-order valence-corrected chi connectivity index (χ3v) is 5.32. The highest BCUT2D eigenvalue weighted by Gasteiger charge is 2.21. The van der Waals surface area contributed by atoms with E-state index < -0.39 is 0 Å². The number of rotatable bonds is 5. The van der Waals surface area contributed by atoms with Gasteiger partial charge < -0.3 is 15.1 Å².